The summed E-state index contributed by atoms with van der Waals surface area (Å²) in [5.41, 5.74) is 0.572. The van der Waals surface area contributed by atoms with Gasteiger partial charge in [-0.2, -0.15) is 0 Å². The smallest absolute Gasteiger partial charge is 0.261 e. The predicted octanol–water partition coefficient (Wildman–Crippen LogP) is 0.464. The van der Waals surface area contributed by atoms with Gasteiger partial charge in [0.05, 0.1) is 17.2 Å². The first-order valence-electron chi connectivity index (χ1n) is 6.96. The summed E-state index contributed by atoms with van der Waals surface area (Å²) in [5, 5.41) is 3.58. The Morgan fingerprint density at radius 1 is 1.38 bits per heavy atom. The Morgan fingerprint density at radius 2 is 2.14 bits per heavy atom. The van der Waals surface area contributed by atoms with Crippen LogP contribution in [0.4, 0.5) is 0 Å². The molecular weight excluding hydrogens is 268 g/mol. The topological polar surface area (TPSA) is 67.2 Å². The standard InChI is InChI=1S/C15H20N4O2/c1-16-8-10-18(2)14(20)7-9-19-11-17-13-6-4-3-5-12(13)15(19)21/h3-6,11,16H,7-10H2,1-2H3. The molecule has 2 aromatic rings. The molecule has 0 spiro atoms. The van der Waals surface area contributed by atoms with Gasteiger partial charge in [-0.3, -0.25) is 14.2 Å². The minimum atomic E-state index is -0.105. The van der Waals surface area contributed by atoms with Crippen LogP contribution in [-0.2, 0) is 11.3 Å². The van der Waals surface area contributed by atoms with Gasteiger partial charge in [0, 0.05) is 33.1 Å². The van der Waals surface area contributed by atoms with Gasteiger partial charge in [-0.05, 0) is 19.2 Å². The van der Waals surface area contributed by atoms with Crippen molar-refractivity contribution in [3.05, 3.63) is 40.9 Å². The second kappa shape index (κ2) is 6.99. The van der Waals surface area contributed by atoms with Crippen molar-refractivity contribution in [1.82, 2.24) is 19.8 Å². The van der Waals surface area contributed by atoms with E-state index in [4.69, 9.17) is 0 Å². The predicted molar refractivity (Wildman–Crippen MR) is 82.2 cm³/mol. The molecule has 1 aromatic heterocycles. The summed E-state index contributed by atoms with van der Waals surface area (Å²) in [4.78, 5) is 30.1. The monoisotopic (exact) mass is 288 g/mol. The number of carbonyl (C=O) groups is 1. The summed E-state index contributed by atoms with van der Waals surface area (Å²) in [6.07, 6.45) is 1.80. The fourth-order valence-electron chi connectivity index (χ4n) is 2.08. The van der Waals surface area contributed by atoms with Gasteiger partial charge < -0.3 is 10.2 Å². The second-order valence-corrected chi connectivity index (χ2v) is 4.93. The Kier molecular flexibility index (Phi) is 5.05. The van der Waals surface area contributed by atoms with Crippen molar-refractivity contribution in [3.8, 4) is 0 Å². The number of hydrogen-bond donors (Lipinski definition) is 1. The van der Waals surface area contributed by atoms with Gasteiger partial charge in [0.25, 0.3) is 5.56 Å². The minimum Gasteiger partial charge on any atom is -0.344 e. The molecule has 0 aliphatic carbocycles. The van der Waals surface area contributed by atoms with Crippen LogP contribution >= 0.6 is 0 Å². The number of nitrogens with one attached hydrogen (secondary N) is 1. The van der Waals surface area contributed by atoms with E-state index in [9.17, 15) is 9.59 Å². The number of hydrogen-bond acceptors (Lipinski definition) is 4. The Hall–Kier alpha value is -2.21. The number of para-hydroxylation sites is 1. The lowest BCUT2D eigenvalue weighted by Gasteiger charge is -2.17. The Morgan fingerprint density at radius 3 is 2.90 bits per heavy atom. The average Bonchev–Trinajstić information content (AvgIpc) is 2.52. The molecule has 1 aromatic carbocycles. The molecule has 0 atom stereocenters. The lowest BCUT2D eigenvalue weighted by molar-refractivity contribution is -0.130. The SMILES string of the molecule is CNCCN(C)C(=O)CCn1cnc2ccccc2c1=O. The molecule has 0 saturated heterocycles. The molecule has 6 heteroatoms. The third kappa shape index (κ3) is 3.66. The van der Waals surface area contributed by atoms with Gasteiger partial charge in [0.15, 0.2) is 0 Å². The van der Waals surface area contributed by atoms with Crippen molar-refractivity contribution in [2.24, 2.45) is 0 Å². The molecule has 1 amide bonds. The van der Waals surface area contributed by atoms with Crippen LogP contribution in [-0.4, -0.2) is 47.5 Å². The lowest BCUT2D eigenvalue weighted by Crippen LogP contribution is -2.34. The summed E-state index contributed by atoms with van der Waals surface area (Å²) in [6.45, 7) is 1.75. The van der Waals surface area contributed by atoms with Gasteiger partial charge >= 0.3 is 0 Å². The largest absolute Gasteiger partial charge is 0.344 e. The minimum absolute atomic E-state index is 0.0188. The van der Waals surface area contributed by atoms with Gasteiger partial charge in [-0.1, -0.05) is 12.1 Å². The summed E-state index contributed by atoms with van der Waals surface area (Å²) < 4.78 is 1.49. The van der Waals surface area contributed by atoms with Crippen LogP contribution in [0, 0.1) is 0 Å². The van der Waals surface area contributed by atoms with E-state index in [1.807, 2.05) is 19.2 Å². The molecule has 1 N–H and O–H groups in total. The highest BCUT2D eigenvalue weighted by molar-refractivity contribution is 5.77. The summed E-state index contributed by atoms with van der Waals surface area (Å²) in [7, 11) is 3.61. The first-order chi connectivity index (χ1) is 10.1. The molecule has 0 unspecified atom stereocenters. The molecule has 6 nitrogen and oxygen atoms in total. The van der Waals surface area contributed by atoms with E-state index in [1.54, 1.807) is 24.1 Å². The van der Waals surface area contributed by atoms with Crippen LogP contribution in [0.3, 0.4) is 0 Å². The second-order valence-electron chi connectivity index (χ2n) is 4.93. The van der Waals surface area contributed by atoms with Crippen LogP contribution in [0.15, 0.2) is 35.4 Å². The van der Waals surface area contributed by atoms with E-state index in [0.717, 1.165) is 6.54 Å². The highest BCUT2D eigenvalue weighted by Crippen LogP contribution is 2.05. The van der Waals surface area contributed by atoms with Crippen LogP contribution in [0.2, 0.25) is 0 Å². The average molecular weight is 288 g/mol. The molecule has 1 heterocycles. The number of aromatic nitrogens is 2. The highest BCUT2D eigenvalue weighted by Gasteiger charge is 2.09. The maximum atomic E-state index is 12.3. The van der Waals surface area contributed by atoms with Crippen molar-refractivity contribution >= 4 is 16.8 Å². The quantitative estimate of drug-likeness (QED) is 0.839. The van der Waals surface area contributed by atoms with Crippen molar-refractivity contribution in [2.75, 3.05) is 27.2 Å². The Labute approximate surface area is 123 Å². The molecule has 0 radical (unpaired) electrons. The number of aryl methyl sites for hydroxylation is 1. The molecule has 0 saturated carbocycles. The summed E-state index contributed by atoms with van der Waals surface area (Å²) in [6, 6.07) is 7.21. The summed E-state index contributed by atoms with van der Waals surface area (Å²) in [5.74, 6) is 0.0188. The number of amides is 1. The van der Waals surface area contributed by atoms with E-state index in [0.29, 0.717) is 30.4 Å². The third-order valence-corrected chi connectivity index (χ3v) is 3.42. The zero-order chi connectivity index (χ0) is 15.2. The van der Waals surface area contributed by atoms with Crippen molar-refractivity contribution in [3.63, 3.8) is 0 Å². The highest BCUT2D eigenvalue weighted by atomic mass is 16.2. The number of benzene rings is 1. The van der Waals surface area contributed by atoms with E-state index < -0.39 is 0 Å². The third-order valence-electron chi connectivity index (χ3n) is 3.42. The zero-order valence-electron chi connectivity index (χ0n) is 12.4. The van der Waals surface area contributed by atoms with E-state index in [2.05, 4.69) is 10.3 Å². The summed E-state index contributed by atoms with van der Waals surface area (Å²) >= 11 is 0. The van der Waals surface area contributed by atoms with Crippen molar-refractivity contribution in [1.29, 1.82) is 0 Å². The Bertz CT molecular complexity index is 681. The number of likely N-dealkylation sites (N-methyl/N-ethyl adjacent to an activating group) is 2. The number of fused-ring (bicyclic) bond motifs is 1. The molecule has 0 aliphatic rings. The lowest BCUT2D eigenvalue weighted by atomic mass is 10.2. The maximum absolute atomic E-state index is 12.3. The van der Waals surface area contributed by atoms with Crippen LogP contribution in [0.5, 0.6) is 0 Å². The van der Waals surface area contributed by atoms with Crippen LogP contribution < -0.4 is 10.9 Å². The molecule has 21 heavy (non-hydrogen) atoms. The first-order valence-corrected chi connectivity index (χ1v) is 6.96. The van der Waals surface area contributed by atoms with Gasteiger partial charge in [0.1, 0.15) is 0 Å². The normalized spacial score (nSPS) is 10.8. The number of nitrogens with zero attached hydrogens (tertiary/aromatic N) is 3. The molecule has 0 bridgehead atoms. The van der Waals surface area contributed by atoms with Gasteiger partial charge in [-0.25, -0.2) is 4.98 Å². The molecular formula is C15H20N4O2. The van der Waals surface area contributed by atoms with Crippen LogP contribution in [0.1, 0.15) is 6.42 Å². The maximum Gasteiger partial charge on any atom is 0.261 e. The molecule has 0 aliphatic heterocycles. The van der Waals surface area contributed by atoms with E-state index >= 15 is 0 Å². The zero-order valence-corrected chi connectivity index (χ0v) is 12.4. The number of carbonyl (C=O) groups excluding carboxylic acids is 1. The van der Waals surface area contributed by atoms with Crippen molar-refractivity contribution < 1.29 is 4.79 Å². The molecule has 0 fully saturated rings. The number of rotatable bonds is 6. The Balaban J connectivity index is 2.05. The van der Waals surface area contributed by atoms with Crippen LogP contribution in [0.25, 0.3) is 10.9 Å². The van der Waals surface area contributed by atoms with Crippen molar-refractivity contribution in [2.45, 2.75) is 13.0 Å². The first kappa shape index (κ1) is 15.2. The van der Waals surface area contributed by atoms with Gasteiger partial charge in [-0.15, -0.1) is 0 Å². The molecule has 2 rings (SSSR count). The van der Waals surface area contributed by atoms with Gasteiger partial charge in [0.2, 0.25) is 5.91 Å². The molecule has 112 valence electrons. The fourth-order valence-corrected chi connectivity index (χ4v) is 2.08. The van der Waals surface area contributed by atoms with E-state index in [-0.39, 0.29) is 11.5 Å². The fraction of sp³-hybridized carbons (Fsp3) is 0.400. The van der Waals surface area contributed by atoms with E-state index in [1.165, 1.54) is 10.9 Å².